The average molecular weight is 323 g/mol. The number of benzene rings is 1. The minimum absolute atomic E-state index is 0.0893. The highest BCUT2D eigenvalue weighted by Crippen LogP contribution is 2.13. The third kappa shape index (κ3) is 3.96. The third-order valence-corrected chi connectivity index (χ3v) is 4.63. The van der Waals surface area contributed by atoms with Crippen LogP contribution in [0.4, 0.5) is 0 Å². The maximum atomic E-state index is 12.3. The van der Waals surface area contributed by atoms with Crippen LogP contribution in [0.1, 0.15) is 23.0 Å². The largest absolute Gasteiger partial charge is 0.469 e. The summed E-state index contributed by atoms with van der Waals surface area (Å²) in [6.45, 7) is 1.75. The number of furan rings is 1. The number of nitrogens with one attached hydrogen (secondary N) is 1. The fourth-order valence-corrected chi connectivity index (χ4v) is 3.24. The number of hydrogen-bond donors (Lipinski definition) is 1. The van der Waals surface area contributed by atoms with E-state index in [1.54, 1.807) is 25.3 Å². The summed E-state index contributed by atoms with van der Waals surface area (Å²) in [5.74, 6) is 0.194. The molecule has 6 nitrogen and oxygen atoms in total. The smallest absolute Gasteiger partial charge is 0.337 e. The van der Waals surface area contributed by atoms with Crippen molar-refractivity contribution in [2.24, 2.45) is 0 Å². The van der Waals surface area contributed by atoms with Gasteiger partial charge in [0.25, 0.3) is 0 Å². The molecule has 1 heterocycles. The van der Waals surface area contributed by atoms with Gasteiger partial charge < -0.3 is 9.15 Å². The molecule has 0 spiro atoms. The summed E-state index contributed by atoms with van der Waals surface area (Å²) in [6.07, 6.45) is 1.99. The van der Waals surface area contributed by atoms with E-state index in [9.17, 15) is 13.2 Å². The third-order valence-electron chi connectivity index (χ3n) is 3.03. The van der Waals surface area contributed by atoms with Crippen LogP contribution in [0.15, 0.2) is 52.0 Å². The van der Waals surface area contributed by atoms with Crippen LogP contribution in [-0.4, -0.2) is 27.5 Å². The van der Waals surface area contributed by atoms with Gasteiger partial charge in [0, 0.05) is 12.5 Å². The number of sulfonamides is 1. The summed E-state index contributed by atoms with van der Waals surface area (Å²) >= 11 is 0. The van der Waals surface area contributed by atoms with E-state index in [0.717, 1.165) is 0 Å². The first-order chi connectivity index (χ1) is 10.4. The molecule has 1 atom stereocenters. The molecule has 0 aliphatic carbocycles. The van der Waals surface area contributed by atoms with Gasteiger partial charge in [-0.2, -0.15) is 0 Å². The Hall–Kier alpha value is -2.12. The molecule has 0 unspecified atom stereocenters. The lowest BCUT2D eigenvalue weighted by atomic mass is 10.2. The topological polar surface area (TPSA) is 85.6 Å². The normalized spacial score (nSPS) is 12.8. The molecule has 7 heteroatoms. The van der Waals surface area contributed by atoms with Gasteiger partial charge in [0.05, 0.1) is 23.8 Å². The average Bonchev–Trinajstić information content (AvgIpc) is 2.98. The number of ether oxygens (including phenoxy) is 1. The standard InChI is InChI=1S/C15H17NO5S/c1-11(10-13-4-3-9-21-13)16-22(18,19)14-7-5-12(6-8-14)15(17)20-2/h3-9,11,16H,10H2,1-2H3/t11-/m0/s1. The van der Waals surface area contributed by atoms with Gasteiger partial charge in [-0.15, -0.1) is 0 Å². The predicted octanol–water partition coefficient (Wildman–Crippen LogP) is 1.98. The molecule has 0 saturated carbocycles. The molecule has 0 radical (unpaired) electrons. The fourth-order valence-electron chi connectivity index (χ4n) is 1.99. The van der Waals surface area contributed by atoms with Crippen molar-refractivity contribution in [1.29, 1.82) is 0 Å². The van der Waals surface area contributed by atoms with Crippen LogP contribution in [0.5, 0.6) is 0 Å². The van der Waals surface area contributed by atoms with Crippen LogP contribution in [0.3, 0.4) is 0 Å². The Morgan fingerprint density at radius 3 is 2.50 bits per heavy atom. The summed E-state index contributed by atoms with van der Waals surface area (Å²) < 4.78 is 36.9. The lowest BCUT2D eigenvalue weighted by Crippen LogP contribution is -2.34. The van der Waals surface area contributed by atoms with E-state index in [-0.39, 0.29) is 10.9 Å². The molecule has 0 saturated heterocycles. The molecule has 22 heavy (non-hydrogen) atoms. The number of esters is 1. The first kappa shape index (κ1) is 16.3. The second kappa shape index (κ2) is 6.76. The van der Waals surface area contributed by atoms with Gasteiger partial charge >= 0.3 is 5.97 Å². The Morgan fingerprint density at radius 2 is 1.95 bits per heavy atom. The second-order valence-electron chi connectivity index (χ2n) is 4.82. The predicted molar refractivity (Wildman–Crippen MR) is 80.0 cm³/mol. The second-order valence-corrected chi connectivity index (χ2v) is 6.54. The molecular weight excluding hydrogens is 306 g/mol. The Kier molecular flexibility index (Phi) is 4.99. The van der Waals surface area contributed by atoms with Gasteiger partial charge in [0.15, 0.2) is 0 Å². The number of carbonyl (C=O) groups is 1. The molecule has 0 aliphatic heterocycles. The summed E-state index contributed by atoms with van der Waals surface area (Å²) in [5.41, 5.74) is 0.296. The molecule has 2 rings (SSSR count). The van der Waals surface area contributed by atoms with E-state index < -0.39 is 16.0 Å². The number of rotatable bonds is 6. The Bertz CT molecular complexity index is 720. The molecule has 118 valence electrons. The molecule has 1 N–H and O–H groups in total. The molecule has 0 bridgehead atoms. The van der Waals surface area contributed by atoms with Crippen molar-refractivity contribution in [1.82, 2.24) is 4.72 Å². The molecule has 0 fully saturated rings. The van der Waals surface area contributed by atoms with Crippen LogP contribution >= 0.6 is 0 Å². The van der Waals surface area contributed by atoms with E-state index in [0.29, 0.717) is 17.7 Å². The molecule has 1 aromatic carbocycles. The zero-order valence-corrected chi connectivity index (χ0v) is 13.1. The minimum atomic E-state index is -3.66. The Labute approximate surface area is 129 Å². The molecule has 0 amide bonds. The minimum Gasteiger partial charge on any atom is -0.469 e. The van der Waals surface area contributed by atoms with E-state index in [1.165, 1.54) is 31.4 Å². The van der Waals surface area contributed by atoms with Crippen molar-refractivity contribution in [3.8, 4) is 0 Å². The Morgan fingerprint density at radius 1 is 1.27 bits per heavy atom. The van der Waals surface area contributed by atoms with E-state index in [4.69, 9.17) is 4.42 Å². The van der Waals surface area contributed by atoms with Crippen molar-refractivity contribution in [2.75, 3.05) is 7.11 Å². The van der Waals surface area contributed by atoms with Crippen molar-refractivity contribution >= 4 is 16.0 Å². The van der Waals surface area contributed by atoms with Crippen LogP contribution in [0.2, 0.25) is 0 Å². The van der Waals surface area contributed by atoms with Gasteiger partial charge in [0.2, 0.25) is 10.0 Å². The first-order valence-electron chi connectivity index (χ1n) is 6.65. The lowest BCUT2D eigenvalue weighted by Gasteiger charge is -2.13. The lowest BCUT2D eigenvalue weighted by molar-refractivity contribution is 0.0600. The first-order valence-corrected chi connectivity index (χ1v) is 8.14. The highest BCUT2D eigenvalue weighted by Gasteiger charge is 2.18. The van der Waals surface area contributed by atoms with Crippen molar-refractivity contribution in [2.45, 2.75) is 24.3 Å². The highest BCUT2D eigenvalue weighted by atomic mass is 32.2. The fraction of sp³-hybridized carbons (Fsp3) is 0.267. The van der Waals surface area contributed by atoms with Crippen LogP contribution in [-0.2, 0) is 21.2 Å². The maximum Gasteiger partial charge on any atom is 0.337 e. The number of carbonyl (C=O) groups excluding carboxylic acids is 1. The van der Waals surface area contributed by atoms with Gasteiger partial charge in [-0.05, 0) is 43.3 Å². The van der Waals surface area contributed by atoms with Gasteiger partial charge in [0.1, 0.15) is 5.76 Å². The van der Waals surface area contributed by atoms with E-state index in [1.807, 2.05) is 0 Å². The number of methoxy groups -OCH3 is 1. The molecule has 0 aliphatic rings. The highest BCUT2D eigenvalue weighted by molar-refractivity contribution is 7.89. The summed E-state index contributed by atoms with van der Waals surface area (Å²) in [7, 11) is -2.39. The number of hydrogen-bond acceptors (Lipinski definition) is 5. The van der Waals surface area contributed by atoms with Crippen LogP contribution in [0.25, 0.3) is 0 Å². The van der Waals surface area contributed by atoms with Crippen molar-refractivity contribution in [3.05, 3.63) is 54.0 Å². The zero-order chi connectivity index (χ0) is 16.2. The SMILES string of the molecule is COC(=O)c1ccc(S(=O)(=O)N[C@@H](C)Cc2ccco2)cc1. The van der Waals surface area contributed by atoms with Crippen molar-refractivity contribution < 1.29 is 22.4 Å². The summed E-state index contributed by atoms with van der Waals surface area (Å²) in [6, 6.07) is 8.78. The van der Waals surface area contributed by atoms with Crippen molar-refractivity contribution in [3.63, 3.8) is 0 Å². The molecular formula is C15H17NO5S. The van der Waals surface area contributed by atoms with Gasteiger partial charge in [-0.1, -0.05) is 0 Å². The maximum absolute atomic E-state index is 12.3. The van der Waals surface area contributed by atoms with Gasteiger partial charge in [-0.3, -0.25) is 0 Å². The van der Waals surface area contributed by atoms with E-state index >= 15 is 0 Å². The molecule has 2 aromatic rings. The molecule has 1 aromatic heterocycles. The van der Waals surface area contributed by atoms with E-state index in [2.05, 4.69) is 9.46 Å². The van der Waals surface area contributed by atoms with Crippen LogP contribution < -0.4 is 4.72 Å². The summed E-state index contributed by atoms with van der Waals surface area (Å²) in [4.78, 5) is 11.4. The Balaban J connectivity index is 2.07. The zero-order valence-electron chi connectivity index (χ0n) is 12.3. The monoisotopic (exact) mass is 323 g/mol. The summed E-state index contributed by atoms with van der Waals surface area (Å²) in [5, 5.41) is 0. The van der Waals surface area contributed by atoms with Gasteiger partial charge in [-0.25, -0.2) is 17.9 Å². The van der Waals surface area contributed by atoms with Crippen LogP contribution in [0, 0.1) is 0 Å². The quantitative estimate of drug-likeness (QED) is 0.822.